The van der Waals surface area contributed by atoms with Gasteiger partial charge in [-0.05, 0) is 51.5 Å². The average Bonchev–Trinajstić information content (AvgIpc) is 2.78. The molecule has 2 heterocycles. The molecule has 0 saturated carbocycles. The Morgan fingerprint density at radius 3 is 2.09 bits per heavy atom. The summed E-state index contributed by atoms with van der Waals surface area (Å²) in [5.41, 5.74) is 5.19. The molecular formula is C23H30N6O4. The van der Waals surface area contributed by atoms with E-state index in [4.69, 9.17) is 5.73 Å². The molecule has 1 aromatic carbocycles. The Morgan fingerprint density at radius 1 is 1.00 bits per heavy atom. The van der Waals surface area contributed by atoms with Crippen molar-refractivity contribution in [2.75, 3.05) is 31.5 Å². The number of benzene rings is 1. The van der Waals surface area contributed by atoms with E-state index in [1.165, 1.54) is 10.8 Å². The summed E-state index contributed by atoms with van der Waals surface area (Å²) in [7, 11) is 0. The zero-order valence-corrected chi connectivity index (χ0v) is 19.4. The van der Waals surface area contributed by atoms with Crippen LogP contribution in [-0.4, -0.2) is 69.3 Å². The summed E-state index contributed by atoms with van der Waals surface area (Å²) in [6.45, 7) is 8.43. The fourth-order valence-electron chi connectivity index (χ4n) is 3.50. The van der Waals surface area contributed by atoms with Crippen LogP contribution in [-0.2, 0) is 15.0 Å². The topological polar surface area (TPSA) is 131 Å². The van der Waals surface area contributed by atoms with Crippen LogP contribution in [0, 0.1) is 0 Å². The van der Waals surface area contributed by atoms with Gasteiger partial charge in [-0.3, -0.25) is 14.7 Å². The molecule has 10 nitrogen and oxygen atoms in total. The Morgan fingerprint density at radius 2 is 1.58 bits per heavy atom. The highest BCUT2D eigenvalue weighted by Gasteiger charge is 2.31. The Bertz CT molecular complexity index is 1090. The lowest BCUT2D eigenvalue weighted by molar-refractivity contribution is -0.137. The number of nitrogens with zero attached hydrogens (tertiary/aromatic N) is 4. The van der Waals surface area contributed by atoms with Crippen LogP contribution in [0.1, 0.15) is 33.3 Å². The van der Waals surface area contributed by atoms with Crippen molar-refractivity contribution in [1.29, 1.82) is 0 Å². The molecule has 33 heavy (non-hydrogen) atoms. The minimum Gasteiger partial charge on any atom is -0.338 e. The maximum atomic E-state index is 12.6. The summed E-state index contributed by atoms with van der Waals surface area (Å²) >= 11 is 0. The molecule has 0 spiro atoms. The third-order valence-corrected chi connectivity index (χ3v) is 5.63. The molecule has 1 saturated heterocycles. The van der Waals surface area contributed by atoms with Crippen molar-refractivity contribution in [2.24, 2.45) is 5.73 Å². The number of amides is 3. The van der Waals surface area contributed by atoms with Crippen molar-refractivity contribution in [2.45, 2.75) is 38.6 Å². The Balaban J connectivity index is 1.64. The molecule has 1 fully saturated rings. The van der Waals surface area contributed by atoms with E-state index in [1.807, 2.05) is 13.8 Å². The number of urea groups is 1. The fourth-order valence-corrected chi connectivity index (χ4v) is 3.50. The number of nitrogens with two attached hydrogens (primary N) is 1. The van der Waals surface area contributed by atoms with Crippen molar-refractivity contribution < 1.29 is 14.4 Å². The van der Waals surface area contributed by atoms with E-state index in [2.05, 4.69) is 10.3 Å². The highest BCUT2D eigenvalue weighted by atomic mass is 16.2. The van der Waals surface area contributed by atoms with Gasteiger partial charge < -0.3 is 20.3 Å². The number of anilines is 1. The van der Waals surface area contributed by atoms with E-state index in [1.54, 1.807) is 54.0 Å². The number of hydrogen-bond acceptors (Lipinski definition) is 6. The molecule has 0 bridgehead atoms. The third-order valence-electron chi connectivity index (χ3n) is 5.63. The smallest absolute Gasteiger partial charge is 0.338 e. The first kappa shape index (κ1) is 24.1. The minimum absolute atomic E-state index is 0.140. The van der Waals surface area contributed by atoms with Gasteiger partial charge in [0.1, 0.15) is 12.1 Å². The van der Waals surface area contributed by atoms with Crippen LogP contribution < -0.4 is 16.7 Å². The highest BCUT2D eigenvalue weighted by molar-refractivity contribution is 5.89. The van der Waals surface area contributed by atoms with E-state index in [-0.39, 0.29) is 17.8 Å². The minimum atomic E-state index is -0.955. The lowest BCUT2D eigenvalue weighted by atomic mass is 9.86. The second-order valence-corrected chi connectivity index (χ2v) is 9.28. The number of piperazine rings is 1. The SMILES string of the molecule is CC(C)(N)C(=O)N1CCN(C(=O)Nc2ccn(-c3ccc(C(C)(C)C=O)cc3)c(=O)n2)CC1. The number of hydrogen-bond donors (Lipinski definition) is 2. The molecule has 0 atom stereocenters. The lowest BCUT2D eigenvalue weighted by Crippen LogP contribution is -2.58. The van der Waals surface area contributed by atoms with Gasteiger partial charge in [-0.2, -0.15) is 4.98 Å². The molecule has 0 unspecified atom stereocenters. The zero-order valence-electron chi connectivity index (χ0n) is 19.4. The van der Waals surface area contributed by atoms with E-state index in [9.17, 15) is 19.2 Å². The lowest BCUT2D eigenvalue weighted by Gasteiger charge is -2.37. The molecular weight excluding hydrogens is 424 g/mol. The second-order valence-electron chi connectivity index (χ2n) is 9.28. The molecule has 176 valence electrons. The number of aldehydes is 1. The van der Waals surface area contributed by atoms with Gasteiger partial charge in [0.05, 0.1) is 11.2 Å². The van der Waals surface area contributed by atoms with Gasteiger partial charge >= 0.3 is 11.7 Å². The van der Waals surface area contributed by atoms with E-state index < -0.39 is 16.6 Å². The highest BCUT2D eigenvalue weighted by Crippen LogP contribution is 2.21. The van der Waals surface area contributed by atoms with Crippen molar-refractivity contribution in [3.8, 4) is 5.69 Å². The predicted octanol–water partition coefficient (Wildman–Crippen LogP) is 1.12. The van der Waals surface area contributed by atoms with Gasteiger partial charge in [-0.1, -0.05) is 12.1 Å². The summed E-state index contributed by atoms with van der Waals surface area (Å²) in [4.78, 5) is 55.8. The molecule has 3 N–H and O–H groups in total. The first-order valence-electron chi connectivity index (χ1n) is 10.7. The molecule has 10 heteroatoms. The van der Waals surface area contributed by atoms with Gasteiger partial charge in [0.15, 0.2) is 0 Å². The molecule has 0 aliphatic carbocycles. The Labute approximate surface area is 192 Å². The molecule has 0 radical (unpaired) electrons. The van der Waals surface area contributed by atoms with Crippen molar-refractivity contribution in [3.05, 3.63) is 52.6 Å². The van der Waals surface area contributed by atoms with Crippen LogP contribution in [0.15, 0.2) is 41.3 Å². The van der Waals surface area contributed by atoms with Crippen LogP contribution in [0.2, 0.25) is 0 Å². The molecule has 1 aromatic heterocycles. The second kappa shape index (κ2) is 9.14. The van der Waals surface area contributed by atoms with Crippen molar-refractivity contribution in [1.82, 2.24) is 19.4 Å². The van der Waals surface area contributed by atoms with Gasteiger partial charge in [0, 0.05) is 37.8 Å². The standard InChI is InChI=1S/C23H30N6O4/c1-22(2,15-30)16-5-7-17(8-6-16)29-10-9-18(26-21(29)33)25-20(32)28-13-11-27(12-14-28)19(31)23(3,4)24/h5-10,15H,11-14,24H2,1-4H3,(H,25,26,32,33). The normalized spacial score (nSPS) is 14.7. The maximum Gasteiger partial charge on any atom is 0.354 e. The monoisotopic (exact) mass is 454 g/mol. The summed E-state index contributed by atoms with van der Waals surface area (Å²) in [5.74, 6) is -0.0165. The van der Waals surface area contributed by atoms with E-state index in [0.717, 1.165) is 11.8 Å². The van der Waals surface area contributed by atoms with Crippen LogP contribution in [0.3, 0.4) is 0 Å². The summed E-state index contributed by atoms with van der Waals surface area (Å²) in [5, 5.41) is 2.64. The number of carbonyl (C=O) groups excluding carboxylic acids is 3. The number of carbonyl (C=O) groups is 3. The van der Waals surface area contributed by atoms with Crippen LogP contribution in [0.5, 0.6) is 0 Å². The molecule has 3 rings (SSSR count). The first-order valence-corrected chi connectivity index (χ1v) is 10.7. The van der Waals surface area contributed by atoms with Crippen LogP contribution in [0.25, 0.3) is 5.69 Å². The van der Waals surface area contributed by atoms with Gasteiger partial charge in [-0.25, -0.2) is 9.59 Å². The van der Waals surface area contributed by atoms with Gasteiger partial charge in [0.2, 0.25) is 5.91 Å². The molecule has 2 aromatic rings. The van der Waals surface area contributed by atoms with E-state index >= 15 is 0 Å². The fraction of sp³-hybridized carbons (Fsp3) is 0.435. The Kier molecular flexibility index (Phi) is 6.68. The Hall–Kier alpha value is -3.53. The first-order chi connectivity index (χ1) is 15.4. The molecule has 1 aliphatic rings. The molecule has 1 aliphatic heterocycles. The summed E-state index contributed by atoms with van der Waals surface area (Å²) in [6, 6.07) is 8.22. The number of rotatable bonds is 5. The number of aromatic nitrogens is 2. The third kappa shape index (κ3) is 5.46. The van der Waals surface area contributed by atoms with Gasteiger partial charge in [0.25, 0.3) is 0 Å². The zero-order chi connectivity index (χ0) is 24.4. The summed E-state index contributed by atoms with van der Waals surface area (Å²) in [6.07, 6.45) is 2.41. The van der Waals surface area contributed by atoms with Crippen LogP contribution in [0.4, 0.5) is 10.6 Å². The number of nitrogens with one attached hydrogen (secondary N) is 1. The quantitative estimate of drug-likeness (QED) is 0.651. The van der Waals surface area contributed by atoms with Crippen molar-refractivity contribution >= 4 is 24.0 Å². The predicted molar refractivity (Wildman–Crippen MR) is 124 cm³/mol. The van der Waals surface area contributed by atoms with Gasteiger partial charge in [-0.15, -0.1) is 0 Å². The summed E-state index contributed by atoms with van der Waals surface area (Å²) < 4.78 is 1.35. The maximum absolute atomic E-state index is 12.6. The van der Waals surface area contributed by atoms with Crippen molar-refractivity contribution in [3.63, 3.8) is 0 Å². The largest absolute Gasteiger partial charge is 0.354 e. The average molecular weight is 455 g/mol. The molecule has 3 amide bonds. The van der Waals surface area contributed by atoms with Crippen LogP contribution >= 0.6 is 0 Å². The van der Waals surface area contributed by atoms with E-state index in [0.29, 0.717) is 31.9 Å².